The van der Waals surface area contributed by atoms with Crippen LogP contribution >= 0.6 is 15.9 Å². The first-order chi connectivity index (χ1) is 12.7. The standard InChI is InChI=1S/C17H16BrF3N2O3S/c1-2-8-23(27(25,26)12-5-3-4-11(18)9-12)10-15(24)22-14-7-6-13(19)16(20)17(14)21/h3-7,9H,2,8,10H2,1H3,(H,22,24). The summed E-state index contributed by atoms with van der Waals surface area (Å²) in [6, 6.07) is 7.49. The molecule has 0 aromatic heterocycles. The number of nitrogens with one attached hydrogen (secondary N) is 1. The van der Waals surface area contributed by atoms with Crippen LogP contribution in [0.4, 0.5) is 18.9 Å². The number of anilines is 1. The molecule has 0 unspecified atom stereocenters. The lowest BCUT2D eigenvalue weighted by Crippen LogP contribution is -2.38. The summed E-state index contributed by atoms with van der Waals surface area (Å²) in [6.07, 6.45) is 0.431. The molecule has 0 atom stereocenters. The van der Waals surface area contributed by atoms with Crippen LogP contribution < -0.4 is 5.32 Å². The third-order valence-corrected chi connectivity index (χ3v) is 5.87. The molecule has 5 nitrogen and oxygen atoms in total. The van der Waals surface area contributed by atoms with Crippen molar-refractivity contribution >= 4 is 37.5 Å². The smallest absolute Gasteiger partial charge is 0.243 e. The van der Waals surface area contributed by atoms with Gasteiger partial charge in [0.05, 0.1) is 17.1 Å². The van der Waals surface area contributed by atoms with Crippen LogP contribution in [0.25, 0.3) is 0 Å². The Morgan fingerprint density at radius 2 is 1.85 bits per heavy atom. The molecule has 27 heavy (non-hydrogen) atoms. The number of hydrogen-bond donors (Lipinski definition) is 1. The second-order valence-corrected chi connectivity index (χ2v) is 8.42. The van der Waals surface area contributed by atoms with Crippen LogP contribution in [0.1, 0.15) is 13.3 Å². The Kier molecular flexibility index (Phi) is 7.01. The van der Waals surface area contributed by atoms with Gasteiger partial charge in [0.15, 0.2) is 17.5 Å². The van der Waals surface area contributed by atoms with Gasteiger partial charge in [0.2, 0.25) is 15.9 Å². The minimum absolute atomic E-state index is 0.0165. The Hall–Kier alpha value is -1.91. The first-order valence-corrected chi connectivity index (χ1v) is 10.1. The molecule has 0 fully saturated rings. The maximum absolute atomic E-state index is 13.7. The summed E-state index contributed by atoms with van der Waals surface area (Å²) in [7, 11) is -3.98. The van der Waals surface area contributed by atoms with Gasteiger partial charge in [0.1, 0.15) is 0 Å². The summed E-state index contributed by atoms with van der Waals surface area (Å²) in [4.78, 5) is 12.2. The highest BCUT2D eigenvalue weighted by Gasteiger charge is 2.26. The van der Waals surface area contributed by atoms with Crippen LogP contribution in [0.15, 0.2) is 45.8 Å². The van der Waals surface area contributed by atoms with Crippen molar-refractivity contribution in [1.82, 2.24) is 4.31 Å². The van der Waals surface area contributed by atoms with Crippen molar-refractivity contribution in [1.29, 1.82) is 0 Å². The van der Waals surface area contributed by atoms with Crippen molar-refractivity contribution in [2.24, 2.45) is 0 Å². The van der Waals surface area contributed by atoms with Crippen LogP contribution in [-0.4, -0.2) is 31.7 Å². The molecule has 0 aliphatic rings. The predicted molar refractivity (Wildman–Crippen MR) is 98.1 cm³/mol. The van der Waals surface area contributed by atoms with E-state index in [1.807, 2.05) is 0 Å². The minimum atomic E-state index is -3.98. The normalized spacial score (nSPS) is 11.6. The Labute approximate surface area is 163 Å². The first-order valence-electron chi connectivity index (χ1n) is 7.86. The van der Waals surface area contributed by atoms with E-state index in [-0.39, 0.29) is 11.4 Å². The molecule has 0 saturated carbocycles. The monoisotopic (exact) mass is 464 g/mol. The maximum Gasteiger partial charge on any atom is 0.243 e. The Morgan fingerprint density at radius 3 is 2.48 bits per heavy atom. The number of amides is 1. The fourth-order valence-corrected chi connectivity index (χ4v) is 4.37. The van der Waals surface area contributed by atoms with E-state index >= 15 is 0 Å². The zero-order valence-electron chi connectivity index (χ0n) is 14.2. The molecule has 2 aromatic rings. The maximum atomic E-state index is 13.7. The van der Waals surface area contributed by atoms with Crippen molar-refractivity contribution in [2.75, 3.05) is 18.4 Å². The number of sulfonamides is 1. The molecule has 0 radical (unpaired) electrons. The number of rotatable bonds is 7. The van der Waals surface area contributed by atoms with Crippen LogP contribution in [0.5, 0.6) is 0 Å². The molecule has 0 aliphatic heterocycles. The quantitative estimate of drug-likeness (QED) is 0.631. The third-order valence-electron chi connectivity index (χ3n) is 3.54. The molecule has 0 saturated heterocycles. The third kappa shape index (κ3) is 5.08. The fourth-order valence-electron chi connectivity index (χ4n) is 2.28. The molecule has 2 aromatic carbocycles. The predicted octanol–water partition coefficient (Wildman–Crippen LogP) is 3.91. The SMILES string of the molecule is CCCN(CC(=O)Nc1ccc(F)c(F)c1F)S(=O)(=O)c1cccc(Br)c1. The summed E-state index contributed by atoms with van der Waals surface area (Å²) in [5.41, 5.74) is -0.574. The molecule has 2 rings (SSSR count). The lowest BCUT2D eigenvalue weighted by atomic mass is 10.2. The van der Waals surface area contributed by atoms with Crippen molar-refractivity contribution in [3.63, 3.8) is 0 Å². The number of carbonyl (C=O) groups excluding carboxylic acids is 1. The molecular formula is C17H16BrF3N2O3S. The van der Waals surface area contributed by atoms with E-state index in [0.717, 1.165) is 10.4 Å². The zero-order valence-corrected chi connectivity index (χ0v) is 16.6. The van der Waals surface area contributed by atoms with Gasteiger partial charge in [-0.3, -0.25) is 4.79 Å². The van der Waals surface area contributed by atoms with E-state index in [9.17, 15) is 26.4 Å². The second kappa shape index (κ2) is 8.85. The van der Waals surface area contributed by atoms with Crippen molar-refractivity contribution in [3.05, 3.63) is 58.3 Å². The molecule has 1 N–H and O–H groups in total. The van der Waals surface area contributed by atoms with Gasteiger partial charge >= 0.3 is 0 Å². The zero-order chi connectivity index (χ0) is 20.2. The molecule has 0 heterocycles. The van der Waals surface area contributed by atoms with Gasteiger partial charge in [-0.25, -0.2) is 21.6 Å². The van der Waals surface area contributed by atoms with Gasteiger partial charge in [-0.15, -0.1) is 0 Å². The fraction of sp³-hybridized carbons (Fsp3) is 0.235. The van der Waals surface area contributed by atoms with E-state index in [1.54, 1.807) is 13.0 Å². The average Bonchev–Trinajstić information content (AvgIpc) is 2.62. The summed E-state index contributed by atoms with van der Waals surface area (Å²) in [5.74, 6) is -5.55. The van der Waals surface area contributed by atoms with Gasteiger partial charge in [0.25, 0.3) is 0 Å². The number of halogens is 4. The Balaban J connectivity index is 2.23. The summed E-state index contributed by atoms with van der Waals surface area (Å²) < 4.78 is 66.9. The summed E-state index contributed by atoms with van der Waals surface area (Å²) in [6.45, 7) is 1.17. The van der Waals surface area contributed by atoms with Crippen LogP contribution in [0.2, 0.25) is 0 Å². The number of carbonyl (C=O) groups is 1. The summed E-state index contributed by atoms with van der Waals surface area (Å²) in [5, 5.41) is 2.07. The lowest BCUT2D eigenvalue weighted by molar-refractivity contribution is -0.116. The molecule has 10 heteroatoms. The largest absolute Gasteiger partial charge is 0.322 e. The molecule has 0 spiro atoms. The summed E-state index contributed by atoms with van der Waals surface area (Å²) >= 11 is 3.19. The molecule has 0 bridgehead atoms. The van der Waals surface area contributed by atoms with Gasteiger partial charge in [-0.2, -0.15) is 4.31 Å². The van der Waals surface area contributed by atoms with Crippen LogP contribution in [-0.2, 0) is 14.8 Å². The molecule has 1 amide bonds. The minimum Gasteiger partial charge on any atom is -0.322 e. The molecule has 0 aliphatic carbocycles. The van der Waals surface area contributed by atoms with Crippen LogP contribution in [0, 0.1) is 17.5 Å². The number of hydrogen-bond acceptors (Lipinski definition) is 3. The van der Waals surface area contributed by atoms with Gasteiger partial charge < -0.3 is 5.32 Å². The second-order valence-electron chi connectivity index (χ2n) is 5.57. The highest BCUT2D eigenvalue weighted by molar-refractivity contribution is 9.10. The van der Waals surface area contributed by atoms with E-state index in [2.05, 4.69) is 21.2 Å². The van der Waals surface area contributed by atoms with E-state index in [4.69, 9.17) is 0 Å². The van der Waals surface area contributed by atoms with Crippen LogP contribution in [0.3, 0.4) is 0 Å². The number of nitrogens with zero attached hydrogens (tertiary/aromatic N) is 1. The van der Waals surface area contributed by atoms with Crippen molar-refractivity contribution in [2.45, 2.75) is 18.2 Å². The van der Waals surface area contributed by atoms with Gasteiger partial charge in [0, 0.05) is 11.0 Å². The van der Waals surface area contributed by atoms with E-state index in [0.29, 0.717) is 17.0 Å². The molecule has 146 valence electrons. The topological polar surface area (TPSA) is 66.5 Å². The lowest BCUT2D eigenvalue weighted by Gasteiger charge is -2.21. The average molecular weight is 465 g/mol. The van der Waals surface area contributed by atoms with Gasteiger partial charge in [-0.05, 0) is 36.8 Å². The Morgan fingerprint density at radius 1 is 1.15 bits per heavy atom. The highest BCUT2D eigenvalue weighted by Crippen LogP contribution is 2.22. The van der Waals surface area contributed by atoms with Crippen molar-refractivity contribution in [3.8, 4) is 0 Å². The van der Waals surface area contributed by atoms with Crippen molar-refractivity contribution < 1.29 is 26.4 Å². The van der Waals surface area contributed by atoms with E-state index < -0.39 is 45.6 Å². The van der Waals surface area contributed by atoms with E-state index in [1.165, 1.54) is 18.2 Å². The number of benzene rings is 2. The molecular weight excluding hydrogens is 449 g/mol. The van der Waals surface area contributed by atoms with Gasteiger partial charge in [-0.1, -0.05) is 28.9 Å². The highest BCUT2D eigenvalue weighted by atomic mass is 79.9. The Bertz CT molecular complexity index is 954. The first kappa shape index (κ1) is 21.4.